The molecule has 0 unspecified atom stereocenters. The van der Waals surface area contributed by atoms with E-state index in [-0.39, 0.29) is 5.91 Å². The molecule has 2 heterocycles. The number of hydrogen-bond donors (Lipinski definition) is 0. The van der Waals surface area contributed by atoms with Gasteiger partial charge in [-0.25, -0.2) is 4.98 Å². The van der Waals surface area contributed by atoms with Crippen LogP contribution in [0.5, 0.6) is 5.75 Å². The minimum atomic E-state index is 0.0973. The zero-order valence-corrected chi connectivity index (χ0v) is 15.4. The Labute approximate surface area is 152 Å². The number of carbonyl (C=O) groups is 1. The summed E-state index contributed by atoms with van der Waals surface area (Å²) in [5.41, 5.74) is 1.61. The molecule has 1 saturated heterocycles. The lowest BCUT2D eigenvalue weighted by molar-refractivity contribution is 0.0516. The summed E-state index contributed by atoms with van der Waals surface area (Å²) in [6.07, 6.45) is 6.48. The van der Waals surface area contributed by atoms with Gasteiger partial charge in [-0.15, -0.1) is 11.3 Å². The lowest BCUT2D eigenvalue weighted by Crippen LogP contribution is -2.44. The molecule has 0 spiro atoms. The normalized spacial score (nSPS) is 23.2. The van der Waals surface area contributed by atoms with E-state index in [0.717, 1.165) is 41.7 Å². The summed E-state index contributed by atoms with van der Waals surface area (Å²) in [6.45, 7) is 1.80. The first kappa shape index (κ1) is 16.6. The van der Waals surface area contributed by atoms with Crippen LogP contribution < -0.4 is 4.74 Å². The zero-order valence-electron chi connectivity index (χ0n) is 14.6. The third-order valence-corrected chi connectivity index (χ3v) is 6.53. The van der Waals surface area contributed by atoms with Gasteiger partial charge in [-0.2, -0.15) is 0 Å². The fraction of sp³-hybridized carbons (Fsp3) is 0.500. The highest BCUT2D eigenvalue weighted by Crippen LogP contribution is 2.36. The second kappa shape index (κ2) is 7.16. The van der Waals surface area contributed by atoms with Gasteiger partial charge in [0.25, 0.3) is 5.91 Å². The van der Waals surface area contributed by atoms with Crippen molar-refractivity contribution in [1.29, 1.82) is 0 Å². The standard InChI is InChI=1S/C20H24N2O2S/c1-24-17-8-6-15(7-9-17)19-21-18(13-25-19)20(23)22-11-10-14-4-2-3-5-16(14)12-22/h6-9,13-14,16H,2-5,10-12H2,1H3/t14-,16-/m1/s1. The number of fused-ring (bicyclic) bond motifs is 1. The topological polar surface area (TPSA) is 42.4 Å². The Morgan fingerprint density at radius 1 is 1.16 bits per heavy atom. The van der Waals surface area contributed by atoms with Crippen molar-refractivity contribution in [2.24, 2.45) is 11.8 Å². The number of likely N-dealkylation sites (tertiary alicyclic amines) is 1. The third-order valence-electron chi connectivity index (χ3n) is 5.64. The molecule has 132 valence electrons. The summed E-state index contributed by atoms with van der Waals surface area (Å²) in [6, 6.07) is 7.82. The summed E-state index contributed by atoms with van der Waals surface area (Å²) in [7, 11) is 1.66. The van der Waals surface area contributed by atoms with Crippen LogP contribution in [0.15, 0.2) is 29.6 Å². The van der Waals surface area contributed by atoms with Crippen molar-refractivity contribution in [3.63, 3.8) is 0 Å². The smallest absolute Gasteiger partial charge is 0.273 e. The number of thiazole rings is 1. The van der Waals surface area contributed by atoms with Gasteiger partial charge >= 0.3 is 0 Å². The summed E-state index contributed by atoms with van der Waals surface area (Å²) in [5.74, 6) is 2.46. The number of methoxy groups -OCH3 is 1. The second-order valence-electron chi connectivity index (χ2n) is 7.11. The zero-order chi connectivity index (χ0) is 17.2. The Kier molecular flexibility index (Phi) is 4.75. The Balaban J connectivity index is 1.46. The van der Waals surface area contributed by atoms with Gasteiger partial charge in [-0.3, -0.25) is 4.79 Å². The largest absolute Gasteiger partial charge is 0.497 e. The molecule has 1 aromatic carbocycles. The van der Waals surface area contributed by atoms with Crippen molar-refractivity contribution < 1.29 is 9.53 Å². The van der Waals surface area contributed by atoms with Gasteiger partial charge in [0.15, 0.2) is 0 Å². The summed E-state index contributed by atoms with van der Waals surface area (Å²) in [5, 5.41) is 2.79. The number of rotatable bonds is 3. The van der Waals surface area contributed by atoms with Crippen LogP contribution in [-0.4, -0.2) is 36.0 Å². The lowest BCUT2D eigenvalue weighted by atomic mass is 9.75. The van der Waals surface area contributed by atoms with Crippen molar-refractivity contribution in [2.75, 3.05) is 20.2 Å². The number of hydrogen-bond acceptors (Lipinski definition) is 4. The molecule has 1 aliphatic heterocycles. The van der Waals surface area contributed by atoms with E-state index in [1.807, 2.05) is 34.5 Å². The fourth-order valence-electron chi connectivity index (χ4n) is 4.19. The molecule has 0 bridgehead atoms. The minimum absolute atomic E-state index is 0.0973. The molecule has 1 aromatic heterocycles. The van der Waals surface area contributed by atoms with E-state index in [1.54, 1.807) is 7.11 Å². The first-order valence-electron chi connectivity index (χ1n) is 9.14. The summed E-state index contributed by atoms with van der Waals surface area (Å²) >= 11 is 1.53. The molecule has 0 radical (unpaired) electrons. The molecule has 2 aromatic rings. The molecular weight excluding hydrogens is 332 g/mol. The number of amides is 1. The Morgan fingerprint density at radius 3 is 2.68 bits per heavy atom. The van der Waals surface area contributed by atoms with Crippen molar-refractivity contribution in [2.45, 2.75) is 32.1 Å². The highest BCUT2D eigenvalue weighted by molar-refractivity contribution is 7.13. The number of ether oxygens (including phenoxy) is 1. The Morgan fingerprint density at radius 2 is 1.92 bits per heavy atom. The van der Waals surface area contributed by atoms with Crippen LogP contribution >= 0.6 is 11.3 Å². The fourth-order valence-corrected chi connectivity index (χ4v) is 4.99. The first-order valence-corrected chi connectivity index (χ1v) is 10.0. The molecule has 1 aliphatic carbocycles. The number of carbonyl (C=O) groups excluding carboxylic acids is 1. The lowest BCUT2D eigenvalue weighted by Gasteiger charge is -2.41. The number of aromatic nitrogens is 1. The van der Waals surface area contributed by atoms with Crippen LogP contribution in [0.2, 0.25) is 0 Å². The van der Waals surface area contributed by atoms with Crippen LogP contribution in [0.3, 0.4) is 0 Å². The van der Waals surface area contributed by atoms with Crippen molar-refractivity contribution in [1.82, 2.24) is 9.88 Å². The third kappa shape index (κ3) is 3.43. The van der Waals surface area contributed by atoms with Crippen LogP contribution in [0.4, 0.5) is 0 Å². The van der Waals surface area contributed by atoms with E-state index >= 15 is 0 Å². The second-order valence-corrected chi connectivity index (χ2v) is 7.97. The molecule has 4 rings (SSSR count). The maximum Gasteiger partial charge on any atom is 0.273 e. The molecular formula is C20H24N2O2S. The highest BCUT2D eigenvalue weighted by atomic mass is 32.1. The van der Waals surface area contributed by atoms with Gasteiger partial charge in [0, 0.05) is 24.0 Å². The monoisotopic (exact) mass is 356 g/mol. The Hall–Kier alpha value is -1.88. The van der Waals surface area contributed by atoms with Gasteiger partial charge in [0.1, 0.15) is 16.5 Å². The molecule has 2 aliphatic rings. The molecule has 1 saturated carbocycles. The molecule has 1 amide bonds. The van der Waals surface area contributed by atoms with Gasteiger partial charge < -0.3 is 9.64 Å². The number of piperidine rings is 1. The molecule has 2 fully saturated rings. The summed E-state index contributed by atoms with van der Waals surface area (Å²) in [4.78, 5) is 19.5. The molecule has 0 N–H and O–H groups in total. The predicted molar refractivity (Wildman–Crippen MR) is 100 cm³/mol. The van der Waals surface area contributed by atoms with Crippen LogP contribution in [0, 0.1) is 11.8 Å². The van der Waals surface area contributed by atoms with Gasteiger partial charge in [-0.1, -0.05) is 19.3 Å². The first-order chi connectivity index (χ1) is 12.2. The highest BCUT2D eigenvalue weighted by Gasteiger charge is 2.33. The molecule has 2 atom stereocenters. The van der Waals surface area contributed by atoms with E-state index in [2.05, 4.69) is 4.98 Å². The van der Waals surface area contributed by atoms with Crippen LogP contribution in [0.1, 0.15) is 42.6 Å². The molecule has 5 heteroatoms. The number of nitrogens with zero attached hydrogens (tertiary/aromatic N) is 2. The SMILES string of the molecule is COc1ccc(-c2nc(C(=O)N3CC[C@H]4CCCC[C@@H]4C3)cs2)cc1. The molecule has 25 heavy (non-hydrogen) atoms. The minimum Gasteiger partial charge on any atom is -0.497 e. The van der Waals surface area contributed by atoms with E-state index in [1.165, 1.54) is 37.0 Å². The van der Waals surface area contributed by atoms with Crippen molar-refractivity contribution in [3.05, 3.63) is 35.3 Å². The van der Waals surface area contributed by atoms with E-state index in [9.17, 15) is 4.79 Å². The maximum absolute atomic E-state index is 12.9. The number of benzene rings is 1. The van der Waals surface area contributed by atoms with E-state index in [0.29, 0.717) is 11.6 Å². The maximum atomic E-state index is 12.9. The summed E-state index contributed by atoms with van der Waals surface area (Å²) < 4.78 is 5.19. The van der Waals surface area contributed by atoms with E-state index in [4.69, 9.17) is 4.74 Å². The van der Waals surface area contributed by atoms with E-state index < -0.39 is 0 Å². The van der Waals surface area contributed by atoms with Crippen molar-refractivity contribution >= 4 is 17.2 Å². The average molecular weight is 356 g/mol. The predicted octanol–water partition coefficient (Wildman–Crippen LogP) is 4.47. The van der Waals surface area contributed by atoms with Gasteiger partial charge in [0.2, 0.25) is 0 Å². The van der Waals surface area contributed by atoms with Crippen LogP contribution in [-0.2, 0) is 0 Å². The van der Waals surface area contributed by atoms with Gasteiger partial charge in [-0.05, 0) is 48.9 Å². The quantitative estimate of drug-likeness (QED) is 0.815. The average Bonchev–Trinajstić information content (AvgIpc) is 3.17. The van der Waals surface area contributed by atoms with Crippen molar-refractivity contribution in [3.8, 4) is 16.3 Å². The van der Waals surface area contributed by atoms with Gasteiger partial charge in [0.05, 0.1) is 7.11 Å². The molecule has 4 nitrogen and oxygen atoms in total. The Bertz CT molecular complexity index is 740. The van der Waals surface area contributed by atoms with Crippen LogP contribution in [0.25, 0.3) is 10.6 Å².